The average molecular weight is 305 g/mol. The van der Waals surface area contributed by atoms with Crippen LogP contribution in [-0.4, -0.2) is 62.7 Å². The van der Waals surface area contributed by atoms with Crippen molar-refractivity contribution in [2.45, 2.75) is 6.92 Å². The van der Waals surface area contributed by atoms with E-state index >= 15 is 0 Å². The van der Waals surface area contributed by atoms with E-state index in [1.165, 1.54) is 11.8 Å². The molecule has 0 saturated carbocycles. The van der Waals surface area contributed by atoms with E-state index < -0.39 is 0 Å². The molecule has 120 valence electrons. The summed E-state index contributed by atoms with van der Waals surface area (Å²) in [6.45, 7) is 6.20. The van der Waals surface area contributed by atoms with E-state index in [0.29, 0.717) is 6.54 Å². The predicted octanol–water partition coefficient (Wildman–Crippen LogP) is 0.488. The molecule has 1 heterocycles. The SMILES string of the molecule is CC(=O)N(CC(=O)NCCN1CCOCC1)c1ccccc1. The summed E-state index contributed by atoms with van der Waals surface area (Å²) in [5, 5.41) is 2.87. The zero-order chi connectivity index (χ0) is 15.8. The van der Waals surface area contributed by atoms with Crippen molar-refractivity contribution in [1.29, 1.82) is 0 Å². The van der Waals surface area contributed by atoms with Gasteiger partial charge in [-0.05, 0) is 12.1 Å². The Labute approximate surface area is 131 Å². The first kappa shape index (κ1) is 16.5. The number of carbonyl (C=O) groups excluding carboxylic acids is 2. The third-order valence-electron chi connectivity index (χ3n) is 3.60. The van der Waals surface area contributed by atoms with Gasteiger partial charge in [0, 0.05) is 38.8 Å². The van der Waals surface area contributed by atoms with Crippen molar-refractivity contribution in [3.63, 3.8) is 0 Å². The summed E-state index contributed by atoms with van der Waals surface area (Å²) in [7, 11) is 0. The molecule has 0 radical (unpaired) electrons. The van der Waals surface area contributed by atoms with Crippen molar-refractivity contribution >= 4 is 17.5 Å². The molecule has 1 saturated heterocycles. The van der Waals surface area contributed by atoms with Crippen LogP contribution in [0.25, 0.3) is 0 Å². The van der Waals surface area contributed by atoms with Gasteiger partial charge in [0.1, 0.15) is 6.54 Å². The van der Waals surface area contributed by atoms with Crippen LogP contribution in [-0.2, 0) is 14.3 Å². The Hall–Kier alpha value is -1.92. The van der Waals surface area contributed by atoms with Crippen LogP contribution < -0.4 is 10.2 Å². The number of nitrogens with zero attached hydrogens (tertiary/aromatic N) is 2. The highest BCUT2D eigenvalue weighted by Crippen LogP contribution is 2.12. The zero-order valence-electron chi connectivity index (χ0n) is 13.0. The number of rotatable bonds is 6. The fraction of sp³-hybridized carbons (Fsp3) is 0.500. The first-order valence-corrected chi connectivity index (χ1v) is 7.57. The molecule has 1 fully saturated rings. The van der Waals surface area contributed by atoms with Crippen LogP contribution >= 0.6 is 0 Å². The van der Waals surface area contributed by atoms with E-state index in [4.69, 9.17) is 4.74 Å². The maximum atomic E-state index is 12.0. The molecule has 0 aliphatic carbocycles. The lowest BCUT2D eigenvalue weighted by molar-refractivity contribution is -0.123. The summed E-state index contributed by atoms with van der Waals surface area (Å²) in [5.41, 5.74) is 0.735. The second-order valence-electron chi connectivity index (χ2n) is 5.24. The van der Waals surface area contributed by atoms with Gasteiger partial charge in [0.15, 0.2) is 0 Å². The van der Waals surface area contributed by atoms with E-state index in [-0.39, 0.29) is 18.4 Å². The Morgan fingerprint density at radius 3 is 2.55 bits per heavy atom. The van der Waals surface area contributed by atoms with Gasteiger partial charge in [-0.25, -0.2) is 0 Å². The Morgan fingerprint density at radius 2 is 1.91 bits per heavy atom. The summed E-state index contributed by atoms with van der Waals surface area (Å²) >= 11 is 0. The molecule has 1 N–H and O–H groups in total. The molecule has 1 aromatic carbocycles. The molecule has 22 heavy (non-hydrogen) atoms. The van der Waals surface area contributed by atoms with Crippen LogP contribution in [0.2, 0.25) is 0 Å². The van der Waals surface area contributed by atoms with Crippen LogP contribution in [0.3, 0.4) is 0 Å². The fourth-order valence-corrected chi connectivity index (χ4v) is 2.37. The van der Waals surface area contributed by atoms with Gasteiger partial charge in [0.05, 0.1) is 13.2 Å². The summed E-state index contributed by atoms with van der Waals surface area (Å²) in [6, 6.07) is 9.22. The van der Waals surface area contributed by atoms with Crippen molar-refractivity contribution in [1.82, 2.24) is 10.2 Å². The van der Waals surface area contributed by atoms with E-state index in [1.54, 1.807) is 0 Å². The lowest BCUT2D eigenvalue weighted by atomic mass is 10.3. The third kappa shape index (κ3) is 5.13. The molecule has 0 aromatic heterocycles. The molecule has 0 unspecified atom stereocenters. The molecule has 0 bridgehead atoms. The molecule has 0 atom stereocenters. The molecule has 1 aliphatic rings. The molecule has 6 heteroatoms. The van der Waals surface area contributed by atoms with Crippen molar-refractivity contribution in [2.75, 3.05) is 50.8 Å². The maximum absolute atomic E-state index is 12.0. The average Bonchev–Trinajstić information content (AvgIpc) is 2.54. The Balaban J connectivity index is 1.77. The molecule has 6 nitrogen and oxygen atoms in total. The second-order valence-corrected chi connectivity index (χ2v) is 5.24. The summed E-state index contributed by atoms with van der Waals surface area (Å²) in [4.78, 5) is 27.5. The molecule has 1 aliphatic heterocycles. The number of hydrogen-bond acceptors (Lipinski definition) is 4. The minimum absolute atomic E-state index is 0.0441. The topological polar surface area (TPSA) is 61.9 Å². The standard InChI is InChI=1S/C16H23N3O3/c1-14(20)19(15-5-3-2-4-6-15)13-16(21)17-7-8-18-9-11-22-12-10-18/h2-6H,7-13H2,1H3,(H,17,21). The fourth-order valence-electron chi connectivity index (χ4n) is 2.37. The van der Waals surface area contributed by atoms with Gasteiger partial charge in [-0.3, -0.25) is 14.5 Å². The number of benzene rings is 1. The van der Waals surface area contributed by atoms with Crippen LogP contribution in [0.1, 0.15) is 6.92 Å². The smallest absolute Gasteiger partial charge is 0.240 e. The number of para-hydroxylation sites is 1. The number of ether oxygens (including phenoxy) is 1. The summed E-state index contributed by atoms with van der Waals surface area (Å²) in [5.74, 6) is -0.290. The summed E-state index contributed by atoms with van der Waals surface area (Å²) < 4.78 is 5.28. The molecular formula is C16H23N3O3. The number of morpholine rings is 1. The maximum Gasteiger partial charge on any atom is 0.240 e. The molecule has 2 amide bonds. The molecular weight excluding hydrogens is 282 g/mol. The largest absolute Gasteiger partial charge is 0.379 e. The quantitative estimate of drug-likeness (QED) is 0.831. The van der Waals surface area contributed by atoms with E-state index in [1.807, 2.05) is 30.3 Å². The highest BCUT2D eigenvalue weighted by molar-refractivity contribution is 5.97. The third-order valence-corrected chi connectivity index (χ3v) is 3.60. The number of hydrogen-bond donors (Lipinski definition) is 1. The Bertz CT molecular complexity index is 487. The Morgan fingerprint density at radius 1 is 1.23 bits per heavy atom. The van der Waals surface area contributed by atoms with Crippen molar-refractivity contribution in [3.8, 4) is 0 Å². The highest BCUT2D eigenvalue weighted by Gasteiger charge is 2.16. The van der Waals surface area contributed by atoms with Crippen LogP contribution in [0, 0.1) is 0 Å². The van der Waals surface area contributed by atoms with E-state index in [2.05, 4.69) is 10.2 Å². The minimum atomic E-state index is -0.146. The van der Waals surface area contributed by atoms with Gasteiger partial charge in [0.2, 0.25) is 11.8 Å². The van der Waals surface area contributed by atoms with Crippen molar-refractivity contribution in [3.05, 3.63) is 30.3 Å². The van der Waals surface area contributed by atoms with Gasteiger partial charge in [0.25, 0.3) is 0 Å². The second kappa shape index (κ2) is 8.51. The number of anilines is 1. The summed E-state index contributed by atoms with van der Waals surface area (Å²) in [6.07, 6.45) is 0. The van der Waals surface area contributed by atoms with Crippen LogP contribution in [0.5, 0.6) is 0 Å². The van der Waals surface area contributed by atoms with Crippen LogP contribution in [0.4, 0.5) is 5.69 Å². The van der Waals surface area contributed by atoms with Crippen LogP contribution in [0.15, 0.2) is 30.3 Å². The van der Waals surface area contributed by atoms with Gasteiger partial charge in [-0.1, -0.05) is 18.2 Å². The monoisotopic (exact) mass is 305 g/mol. The van der Waals surface area contributed by atoms with E-state index in [9.17, 15) is 9.59 Å². The number of amides is 2. The van der Waals surface area contributed by atoms with E-state index in [0.717, 1.165) is 38.5 Å². The lowest BCUT2D eigenvalue weighted by Crippen LogP contribution is -2.44. The van der Waals surface area contributed by atoms with Gasteiger partial charge < -0.3 is 15.0 Å². The van der Waals surface area contributed by atoms with Crippen molar-refractivity contribution < 1.29 is 14.3 Å². The number of nitrogens with one attached hydrogen (secondary N) is 1. The molecule has 2 rings (SSSR count). The van der Waals surface area contributed by atoms with Gasteiger partial charge >= 0.3 is 0 Å². The minimum Gasteiger partial charge on any atom is -0.379 e. The molecule has 0 spiro atoms. The molecule has 1 aromatic rings. The number of carbonyl (C=O) groups is 2. The van der Waals surface area contributed by atoms with Gasteiger partial charge in [-0.15, -0.1) is 0 Å². The van der Waals surface area contributed by atoms with Gasteiger partial charge in [-0.2, -0.15) is 0 Å². The van der Waals surface area contributed by atoms with Crippen molar-refractivity contribution in [2.24, 2.45) is 0 Å². The Kier molecular flexibility index (Phi) is 6.36. The first-order chi connectivity index (χ1) is 10.7. The predicted molar refractivity (Wildman–Crippen MR) is 84.7 cm³/mol. The first-order valence-electron chi connectivity index (χ1n) is 7.57. The highest BCUT2D eigenvalue weighted by atomic mass is 16.5. The normalized spacial score (nSPS) is 15.3. The lowest BCUT2D eigenvalue weighted by Gasteiger charge is -2.26. The zero-order valence-corrected chi connectivity index (χ0v) is 13.0.